The molecule has 0 fully saturated rings. The molecule has 0 aliphatic carbocycles. The molecule has 0 spiro atoms. The van der Waals surface area contributed by atoms with Crippen molar-refractivity contribution in [2.24, 2.45) is 0 Å². The van der Waals surface area contributed by atoms with E-state index in [1.54, 1.807) is 48.1 Å². The number of hydrogen-bond acceptors (Lipinski definition) is 3. The number of carbonyl (C=O) groups excluding carboxylic acids is 1. The zero-order valence-electron chi connectivity index (χ0n) is 13.2. The van der Waals surface area contributed by atoms with Gasteiger partial charge in [-0.3, -0.25) is 5.32 Å². The van der Waals surface area contributed by atoms with Crippen LogP contribution >= 0.6 is 11.6 Å². The highest BCUT2D eigenvalue weighted by Gasteiger charge is 2.26. The number of carbonyl (C=O) groups is 1. The van der Waals surface area contributed by atoms with Gasteiger partial charge in [-0.2, -0.15) is 5.10 Å². The number of urea groups is 1. The molecule has 0 saturated heterocycles. The van der Waals surface area contributed by atoms with Crippen molar-refractivity contribution in [2.45, 2.75) is 32.4 Å². The Morgan fingerprint density at radius 2 is 2.13 bits per heavy atom. The summed E-state index contributed by atoms with van der Waals surface area (Å²) in [6.07, 6.45) is 2.55. The molecule has 0 aliphatic rings. The summed E-state index contributed by atoms with van der Waals surface area (Å²) in [6.45, 7) is 4.40. The predicted molar refractivity (Wildman–Crippen MR) is 90.6 cm³/mol. The first kappa shape index (κ1) is 17.3. The van der Waals surface area contributed by atoms with Crippen LogP contribution in [0.1, 0.15) is 25.8 Å². The number of aryl methyl sites for hydroxylation is 1. The SMILES string of the molecule is CCCn1nccc1NC(=O)NCC(C)(O)c1ccccc1Cl. The predicted octanol–water partition coefficient (Wildman–Crippen LogP) is 2.98. The summed E-state index contributed by atoms with van der Waals surface area (Å²) in [7, 11) is 0. The number of aliphatic hydroxyl groups is 1. The van der Waals surface area contributed by atoms with Crippen LogP contribution in [0.2, 0.25) is 5.02 Å². The second-order valence-corrected chi connectivity index (χ2v) is 5.91. The molecule has 2 amide bonds. The minimum Gasteiger partial charge on any atom is -0.384 e. The first-order chi connectivity index (χ1) is 10.9. The smallest absolute Gasteiger partial charge is 0.320 e. The Morgan fingerprint density at radius 1 is 1.39 bits per heavy atom. The number of aromatic nitrogens is 2. The van der Waals surface area contributed by atoms with Gasteiger partial charge >= 0.3 is 6.03 Å². The Hall–Kier alpha value is -2.05. The van der Waals surface area contributed by atoms with Crippen LogP contribution in [0.5, 0.6) is 0 Å². The maximum absolute atomic E-state index is 12.0. The van der Waals surface area contributed by atoms with Crippen molar-refractivity contribution >= 4 is 23.4 Å². The highest BCUT2D eigenvalue weighted by Crippen LogP contribution is 2.27. The van der Waals surface area contributed by atoms with Gasteiger partial charge in [0.05, 0.1) is 12.7 Å². The Kier molecular flexibility index (Phi) is 5.63. The molecule has 6 nitrogen and oxygen atoms in total. The molecular formula is C16H21ClN4O2. The van der Waals surface area contributed by atoms with Crippen molar-refractivity contribution in [2.75, 3.05) is 11.9 Å². The fourth-order valence-corrected chi connectivity index (χ4v) is 2.57. The summed E-state index contributed by atoms with van der Waals surface area (Å²) in [4.78, 5) is 12.0. The molecule has 7 heteroatoms. The number of nitrogens with zero attached hydrogens (tertiary/aromatic N) is 2. The molecule has 3 N–H and O–H groups in total. The van der Waals surface area contributed by atoms with Crippen LogP contribution in [0.25, 0.3) is 0 Å². The van der Waals surface area contributed by atoms with Crippen molar-refractivity contribution < 1.29 is 9.90 Å². The van der Waals surface area contributed by atoms with E-state index in [0.717, 1.165) is 13.0 Å². The normalized spacial score (nSPS) is 13.4. The van der Waals surface area contributed by atoms with Gasteiger partial charge in [-0.25, -0.2) is 9.48 Å². The van der Waals surface area contributed by atoms with Gasteiger partial charge in [0.15, 0.2) is 0 Å². The molecule has 1 aromatic carbocycles. The van der Waals surface area contributed by atoms with Gasteiger partial charge in [-0.15, -0.1) is 0 Å². The number of nitrogens with one attached hydrogen (secondary N) is 2. The minimum absolute atomic E-state index is 0.0322. The quantitative estimate of drug-likeness (QED) is 0.758. The Bertz CT molecular complexity index is 670. The largest absolute Gasteiger partial charge is 0.384 e. The lowest BCUT2D eigenvalue weighted by Gasteiger charge is -2.25. The zero-order valence-corrected chi connectivity index (χ0v) is 14.0. The summed E-state index contributed by atoms with van der Waals surface area (Å²) in [5, 5.41) is 20.5. The highest BCUT2D eigenvalue weighted by atomic mass is 35.5. The third-order valence-corrected chi connectivity index (χ3v) is 3.77. The summed E-state index contributed by atoms with van der Waals surface area (Å²) in [5.41, 5.74) is -0.697. The first-order valence-corrected chi connectivity index (χ1v) is 7.86. The average Bonchev–Trinajstić information content (AvgIpc) is 2.93. The van der Waals surface area contributed by atoms with E-state index in [9.17, 15) is 9.90 Å². The van der Waals surface area contributed by atoms with Gasteiger partial charge in [0.1, 0.15) is 11.4 Å². The summed E-state index contributed by atoms with van der Waals surface area (Å²) in [5.74, 6) is 0.613. The minimum atomic E-state index is -1.26. The van der Waals surface area contributed by atoms with Gasteiger partial charge in [0, 0.05) is 23.2 Å². The molecule has 1 atom stereocenters. The van der Waals surface area contributed by atoms with E-state index in [4.69, 9.17) is 11.6 Å². The molecule has 1 unspecified atom stereocenters. The molecular weight excluding hydrogens is 316 g/mol. The third-order valence-electron chi connectivity index (χ3n) is 3.44. The van der Waals surface area contributed by atoms with E-state index >= 15 is 0 Å². The molecule has 1 heterocycles. The van der Waals surface area contributed by atoms with Gasteiger partial charge in [0.2, 0.25) is 0 Å². The van der Waals surface area contributed by atoms with Crippen LogP contribution in [0.3, 0.4) is 0 Å². The van der Waals surface area contributed by atoms with Crippen molar-refractivity contribution in [3.8, 4) is 0 Å². The van der Waals surface area contributed by atoms with Crippen molar-refractivity contribution in [1.29, 1.82) is 0 Å². The summed E-state index contributed by atoms with van der Waals surface area (Å²) in [6, 6.07) is 8.33. The fourth-order valence-electron chi connectivity index (χ4n) is 2.23. The maximum Gasteiger partial charge on any atom is 0.320 e. The van der Waals surface area contributed by atoms with Crippen LogP contribution < -0.4 is 10.6 Å². The fraction of sp³-hybridized carbons (Fsp3) is 0.375. The van der Waals surface area contributed by atoms with E-state index in [-0.39, 0.29) is 6.54 Å². The summed E-state index contributed by atoms with van der Waals surface area (Å²) < 4.78 is 1.71. The number of halogens is 1. The standard InChI is InChI=1S/C16H21ClN4O2/c1-3-10-21-14(8-9-19-21)20-15(22)18-11-16(2,23)12-6-4-5-7-13(12)17/h4-9,23H,3,10-11H2,1-2H3,(H2,18,20,22). The summed E-state index contributed by atoms with van der Waals surface area (Å²) >= 11 is 6.09. The Labute approximate surface area is 140 Å². The van der Waals surface area contributed by atoms with Crippen LogP contribution in [0, 0.1) is 0 Å². The van der Waals surface area contributed by atoms with Gasteiger partial charge in [-0.1, -0.05) is 36.7 Å². The third kappa shape index (κ3) is 4.46. The lowest BCUT2D eigenvalue weighted by Crippen LogP contribution is -2.41. The van der Waals surface area contributed by atoms with Gasteiger partial charge in [0.25, 0.3) is 0 Å². The van der Waals surface area contributed by atoms with Gasteiger partial charge < -0.3 is 10.4 Å². The van der Waals surface area contributed by atoms with Crippen molar-refractivity contribution in [1.82, 2.24) is 15.1 Å². The second kappa shape index (κ2) is 7.48. The lowest BCUT2D eigenvalue weighted by molar-refractivity contribution is 0.0600. The highest BCUT2D eigenvalue weighted by molar-refractivity contribution is 6.31. The van der Waals surface area contributed by atoms with Crippen LogP contribution in [0.4, 0.5) is 10.6 Å². The van der Waals surface area contributed by atoms with E-state index in [1.165, 1.54) is 0 Å². The molecule has 0 saturated carbocycles. The second-order valence-electron chi connectivity index (χ2n) is 5.50. The number of anilines is 1. The van der Waals surface area contributed by atoms with E-state index in [2.05, 4.69) is 15.7 Å². The molecule has 0 radical (unpaired) electrons. The van der Waals surface area contributed by atoms with Crippen molar-refractivity contribution in [3.05, 3.63) is 47.1 Å². The molecule has 0 bridgehead atoms. The van der Waals surface area contributed by atoms with E-state index in [0.29, 0.717) is 16.4 Å². The van der Waals surface area contributed by atoms with Crippen LogP contribution in [0.15, 0.2) is 36.5 Å². The molecule has 0 aliphatic heterocycles. The molecule has 2 aromatic rings. The molecule has 2 rings (SSSR count). The average molecular weight is 337 g/mol. The number of benzene rings is 1. The zero-order chi connectivity index (χ0) is 16.9. The van der Waals surface area contributed by atoms with E-state index < -0.39 is 11.6 Å². The lowest BCUT2D eigenvalue weighted by atomic mass is 9.96. The Balaban J connectivity index is 1.96. The van der Waals surface area contributed by atoms with Crippen LogP contribution in [-0.4, -0.2) is 27.5 Å². The maximum atomic E-state index is 12.0. The molecule has 1 aromatic heterocycles. The number of amides is 2. The molecule has 23 heavy (non-hydrogen) atoms. The molecule has 124 valence electrons. The number of hydrogen-bond donors (Lipinski definition) is 3. The topological polar surface area (TPSA) is 79.2 Å². The first-order valence-electron chi connectivity index (χ1n) is 7.48. The van der Waals surface area contributed by atoms with Crippen molar-refractivity contribution in [3.63, 3.8) is 0 Å². The Morgan fingerprint density at radius 3 is 2.83 bits per heavy atom. The van der Waals surface area contributed by atoms with Gasteiger partial charge in [-0.05, 0) is 19.4 Å². The van der Waals surface area contributed by atoms with E-state index in [1.807, 2.05) is 6.92 Å². The monoisotopic (exact) mass is 336 g/mol. The number of rotatable bonds is 6. The van der Waals surface area contributed by atoms with Crippen LogP contribution in [-0.2, 0) is 12.1 Å².